The normalized spacial score (nSPS) is 10.4. The van der Waals surface area contributed by atoms with Crippen LogP contribution in [0.15, 0.2) is 58.8 Å². The third-order valence-electron chi connectivity index (χ3n) is 3.78. The third kappa shape index (κ3) is 5.35. The average Bonchev–Trinajstić information content (AvgIpc) is 3.13. The molecule has 1 aromatic carbocycles. The second-order valence-corrected chi connectivity index (χ2v) is 6.63. The lowest BCUT2D eigenvalue weighted by Crippen LogP contribution is -2.23. The first kappa shape index (κ1) is 18.5. The van der Waals surface area contributed by atoms with Gasteiger partial charge in [0.05, 0.1) is 5.69 Å². The molecule has 2 aromatic heterocycles. The summed E-state index contributed by atoms with van der Waals surface area (Å²) >= 11 is 1.25. The van der Waals surface area contributed by atoms with Gasteiger partial charge in [0.25, 0.3) is 11.5 Å². The van der Waals surface area contributed by atoms with Crippen molar-refractivity contribution >= 4 is 28.3 Å². The molecule has 3 aromatic rings. The molecule has 7 nitrogen and oxygen atoms in total. The summed E-state index contributed by atoms with van der Waals surface area (Å²) in [6.07, 6.45) is 2.24. The number of nitrogens with zero attached hydrogens (tertiary/aromatic N) is 1. The number of hydrogen-bond donors (Lipinski definition) is 3. The molecule has 0 unspecified atom stereocenters. The van der Waals surface area contributed by atoms with Crippen molar-refractivity contribution in [3.63, 3.8) is 0 Å². The molecule has 0 bridgehead atoms. The summed E-state index contributed by atoms with van der Waals surface area (Å²) in [5.41, 5.74) is 1.32. The number of hydrogen-bond acceptors (Lipinski definition) is 5. The van der Waals surface area contributed by atoms with Crippen LogP contribution in [0, 0.1) is 0 Å². The predicted molar refractivity (Wildman–Crippen MR) is 104 cm³/mol. The predicted octanol–water partition coefficient (Wildman–Crippen LogP) is 2.33. The standard InChI is InChI=1S/C19H18N4O3S/c24-16(21-11-13-5-2-1-3-6-13)9-8-14-12-27-19(22-14)23-18(26)15-7-4-10-20-17(15)25/h1-7,10,12H,8-9,11H2,(H,20,25)(H,21,24)(H,22,23,26). The first-order valence-electron chi connectivity index (χ1n) is 8.36. The van der Waals surface area contributed by atoms with Crippen molar-refractivity contribution in [3.8, 4) is 0 Å². The summed E-state index contributed by atoms with van der Waals surface area (Å²) in [6, 6.07) is 12.7. The molecule has 3 N–H and O–H groups in total. The maximum absolute atomic E-state index is 12.1. The molecule has 0 spiro atoms. The van der Waals surface area contributed by atoms with Gasteiger partial charge in [0.2, 0.25) is 5.91 Å². The van der Waals surface area contributed by atoms with Gasteiger partial charge in [-0.2, -0.15) is 0 Å². The van der Waals surface area contributed by atoms with E-state index < -0.39 is 11.5 Å². The van der Waals surface area contributed by atoms with Crippen LogP contribution in [0.2, 0.25) is 0 Å². The Morgan fingerprint density at radius 3 is 2.70 bits per heavy atom. The van der Waals surface area contributed by atoms with Crippen LogP contribution in [0.25, 0.3) is 0 Å². The van der Waals surface area contributed by atoms with E-state index in [1.807, 2.05) is 30.3 Å². The van der Waals surface area contributed by atoms with Gasteiger partial charge in [-0.1, -0.05) is 30.3 Å². The molecule has 0 aliphatic rings. The van der Waals surface area contributed by atoms with Crippen LogP contribution in [0.1, 0.15) is 28.0 Å². The summed E-state index contributed by atoms with van der Waals surface area (Å²) in [6.45, 7) is 0.490. The molecule has 0 saturated carbocycles. The second kappa shape index (κ2) is 8.91. The number of aromatic nitrogens is 2. The SMILES string of the molecule is O=C(CCc1csc(NC(=O)c2ccc[nH]c2=O)n1)NCc1ccccc1. The zero-order chi connectivity index (χ0) is 19.1. The summed E-state index contributed by atoms with van der Waals surface area (Å²) in [5, 5.41) is 7.64. The fraction of sp³-hybridized carbons (Fsp3) is 0.158. The van der Waals surface area contributed by atoms with Crippen LogP contribution in [-0.2, 0) is 17.8 Å². The Morgan fingerprint density at radius 2 is 1.93 bits per heavy atom. The molecule has 138 valence electrons. The van der Waals surface area contributed by atoms with Crippen molar-refractivity contribution in [1.82, 2.24) is 15.3 Å². The molecule has 2 heterocycles. The van der Waals surface area contributed by atoms with Crippen molar-refractivity contribution in [2.24, 2.45) is 0 Å². The lowest BCUT2D eigenvalue weighted by Gasteiger charge is -2.04. The van der Waals surface area contributed by atoms with Crippen molar-refractivity contribution in [3.05, 3.63) is 81.2 Å². The Morgan fingerprint density at radius 1 is 1.11 bits per heavy atom. The Balaban J connectivity index is 1.48. The van der Waals surface area contributed by atoms with E-state index in [9.17, 15) is 14.4 Å². The van der Waals surface area contributed by atoms with Crippen LogP contribution in [-0.4, -0.2) is 21.8 Å². The fourth-order valence-corrected chi connectivity index (χ4v) is 3.11. The quantitative estimate of drug-likeness (QED) is 0.583. The van der Waals surface area contributed by atoms with Gasteiger partial charge in [0.1, 0.15) is 5.56 Å². The summed E-state index contributed by atoms with van der Waals surface area (Å²) in [7, 11) is 0. The minimum Gasteiger partial charge on any atom is -0.352 e. The molecule has 0 atom stereocenters. The minimum absolute atomic E-state index is 0.0227. The van der Waals surface area contributed by atoms with Crippen molar-refractivity contribution < 1.29 is 9.59 Å². The maximum Gasteiger partial charge on any atom is 0.263 e. The molecule has 8 heteroatoms. The number of amides is 2. The number of carbonyl (C=O) groups excluding carboxylic acids is 2. The van der Waals surface area contributed by atoms with Gasteiger partial charge in [0, 0.05) is 24.5 Å². The van der Waals surface area contributed by atoms with Crippen molar-refractivity contribution in [2.75, 3.05) is 5.32 Å². The van der Waals surface area contributed by atoms with E-state index in [1.165, 1.54) is 23.6 Å². The summed E-state index contributed by atoms with van der Waals surface area (Å²) in [4.78, 5) is 42.4. The summed E-state index contributed by atoms with van der Waals surface area (Å²) in [5.74, 6) is -0.577. The van der Waals surface area contributed by atoms with Crippen molar-refractivity contribution in [1.29, 1.82) is 0 Å². The number of nitrogens with one attached hydrogen (secondary N) is 3. The Labute approximate surface area is 159 Å². The van der Waals surface area contributed by atoms with Crippen LogP contribution in [0.4, 0.5) is 5.13 Å². The molecular weight excluding hydrogens is 364 g/mol. The van der Waals surface area contributed by atoms with E-state index in [4.69, 9.17) is 0 Å². The number of benzene rings is 1. The van der Waals surface area contributed by atoms with Crippen LogP contribution < -0.4 is 16.2 Å². The highest BCUT2D eigenvalue weighted by Gasteiger charge is 2.12. The third-order valence-corrected chi connectivity index (χ3v) is 4.58. The van der Waals surface area contributed by atoms with Gasteiger partial charge in [-0.3, -0.25) is 19.7 Å². The lowest BCUT2D eigenvalue weighted by molar-refractivity contribution is -0.121. The molecule has 0 radical (unpaired) electrons. The van der Waals surface area contributed by atoms with E-state index in [2.05, 4.69) is 20.6 Å². The summed E-state index contributed by atoms with van der Waals surface area (Å²) < 4.78 is 0. The van der Waals surface area contributed by atoms with Gasteiger partial charge < -0.3 is 10.3 Å². The van der Waals surface area contributed by atoms with E-state index >= 15 is 0 Å². The zero-order valence-corrected chi connectivity index (χ0v) is 15.2. The molecule has 2 amide bonds. The maximum atomic E-state index is 12.1. The van der Waals surface area contributed by atoms with Gasteiger partial charge in [-0.25, -0.2) is 4.98 Å². The molecule has 0 aliphatic carbocycles. The number of pyridine rings is 1. The molecular formula is C19H18N4O3S. The Hall–Kier alpha value is -3.26. The molecule has 3 rings (SSSR count). The van der Waals surface area contributed by atoms with E-state index in [0.717, 1.165) is 5.56 Å². The number of H-pyrrole nitrogens is 1. The van der Waals surface area contributed by atoms with E-state index in [0.29, 0.717) is 30.2 Å². The molecule has 0 fully saturated rings. The zero-order valence-electron chi connectivity index (χ0n) is 14.4. The highest BCUT2D eigenvalue weighted by atomic mass is 32.1. The van der Waals surface area contributed by atoms with Gasteiger partial charge in [0.15, 0.2) is 5.13 Å². The number of carbonyl (C=O) groups is 2. The highest BCUT2D eigenvalue weighted by Crippen LogP contribution is 2.17. The van der Waals surface area contributed by atoms with Crippen molar-refractivity contribution in [2.45, 2.75) is 19.4 Å². The number of aryl methyl sites for hydroxylation is 1. The van der Waals surface area contributed by atoms with Crippen LogP contribution >= 0.6 is 11.3 Å². The molecule has 0 aliphatic heterocycles. The van der Waals surface area contributed by atoms with Gasteiger partial charge in [-0.05, 0) is 24.1 Å². The number of thiazole rings is 1. The molecule has 27 heavy (non-hydrogen) atoms. The van der Waals surface area contributed by atoms with E-state index in [-0.39, 0.29) is 11.5 Å². The second-order valence-electron chi connectivity index (χ2n) is 5.77. The Kier molecular flexibility index (Phi) is 6.11. The minimum atomic E-state index is -0.515. The number of rotatable bonds is 7. The topological polar surface area (TPSA) is 104 Å². The van der Waals surface area contributed by atoms with Gasteiger partial charge >= 0.3 is 0 Å². The molecule has 0 saturated heterocycles. The first-order valence-corrected chi connectivity index (χ1v) is 9.24. The monoisotopic (exact) mass is 382 g/mol. The number of aromatic amines is 1. The van der Waals surface area contributed by atoms with Gasteiger partial charge in [-0.15, -0.1) is 11.3 Å². The smallest absolute Gasteiger partial charge is 0.263 e. The fourth-order valence-electron chi connectivity index (χ4n) is 2.37. The lowest BCUT2D eigenvalue weighted by atomic mass is 10.2. The highest BCUT2D eigenvalue weighted by molar-refractivity contribution is 7.14. The van der Waals surface area contributed by atoms with E-state index in [1.54, 1.807) is 11.4 Å². The largest absolute Gasteiger partial charge is 0.352 e. The number of anilines is 1. The Bertz CT molecular complexity index is 982. The average molecular weight is 382 g/mol. The van der Waals surface area contributed by atoms with Crippen LogP contribution in [0.3, 0.4) is 0 Å². The first-order chi connectivity index (χ1) is 13.1. The van der Waals surface area contributed by atoms with Crippen LogP contribution in [0.5, 0.6) is 0 Å².